The van der Waals surface area contributed by atoms with E-state index in [4.69, 9.17) is 4.74 Å². The number of anilines is 1. The van der Waals surface area contributed by atoms with Gasteiger partial charge in [-0.2, -0.15) is 10.5 Å². The fourth-order valence-electron chi connectivity index (χ4n) is 2.70. The minimum absolute atomic E-state index is 0.0301. The van der Waals surface area contributed by atoms with Crippen LogP contribution in [-0.4, -0.2) is 24.2 Å². The van der Waals surface area contributed by atoms with Crippen LogP contribution in [0.1, 0.15) is 17.5 Å². The highest BCUT2D eigenvalue weighted by Crippen LogP contribution is 2.29. The zero-order valence-electron chi connectivity index (χ0n) is 11.9. The van der Waals surface area contributed by atoms with Gasteiger partial charge in [-0.05, 0) is 24.3 Å². The monoisotopic (exact) mass is 290 g/mol. The molecule has 2 heterocycles. The average Bonchev–Trinajstić information content (AvgIpc) is 3.03. The number of pyridine rings is 1. The summed E-state index contributed by atoms with van der Waals surface area (Å²) in [4.78, 5) is 6.09. The summed E-state index contributed by atoms with van der Waals surface area (Å²) in [6.45, 7) is 1.42. The zero-order valence-corrected chi connectivity index (χ0v) is 11.9. The third kappa shape index (κ3) is 2.70. The Morgan fingerprint density at radius 2 is 1.91 bits per heavy atom. The van der Waals surface area contributed by atoms with Crippen molar-refractivity contribution in [3.05, 3.63) is 53.9 Å². The van der Waals surface area contributed by atoms with E-state index < -0.39 is 0 Å². The van der Waals surface area contributed by atoms with E-state index in [0.29, 0.717) is 23.4 Å². The molecule has 0 N–H and O–H groups in total. The smallest absolute Gasteiger partial charge is 0.138 e. The van der Waals surface area contributed by atoms with Crippen LogP contribution >= 0.6 is 0 Å². The molecule has 2 aromatic rings. The Morgan fingerprint density at radius 1 is 1.14 bits per heavy atom. The van der Waals surface area contributed by atoms with E-state index >= 15 is 0 Å². The van der Waals surface area contributed by atoms with Crippen molar-refractivity contribution < 1.29 is 4.74 Å². The highest BCUT2D eigenvalue weighted by Gasteiger charge is 2.27. The quantitative estimate of drug-likeness (QED) is 0.868. The topological polar surface area (TPSA) is 72.9 Å². The van der Waals surface area contributed by atoms with E-state index in [0.717, 1.165) is 18.7 Å². The van der Waals surface area contributed by atoms with Gasteiger partial charge in [0.15, 0.2) is 0 Å². The molecule has 108 valence electrons. The SMILES string of the molecule is N#Cc1cccc(C#N)c1N1CCC(Oc2cccnc2)C1. The molecule has 0 aliphatic carbocycles. The number of ether oxygens (including phenoxy) is 1. The number of para-hydroxylation sites is 1. The molecule has 0 amide bonds. The van der Waals surface area contributed by atoms with Crippen LogP contribution in [0.5, 0.6) is 5.75 Å². The number of hydrogen-bond donors (Lipinski definition) is 0. The number of nitriles is 2. The fourth-order valence-corrected chi connectivity index (χ4v) is 2.70. The van der Waals surface area contributed by atoms with Gasteiger partial charge < -0.3 is 9.64 Å². The summed E-state index contributed by atoms with van der Waals surface area (Å²) in [5, 5.41) is 18.5. The van der Waals surface area contributed by atoms with Gasteiger partial charge in [-0.25, -0.2) is 0 Å². The lowest BCUT2D eigenvalue weighted by Gasteiger charge is -2.21. The number of nitrogens with zero attached hydrogens (tertiary/aromatic N) is 4. The second-order valence-corrected chi connectivity index (χ2v) is 5.09. The molecule has 0 bridgehead atoms. The van der Waals surface area contributed by atoms with Gasteiger partial charge in [0.2, 0.25) is 0 Å². The van der Waals surface area contributed by atoms with E-state index in [1.165, 1.54) is 0 Å². The Kier molecular flexibility index (Phi) is 3.89. The van der Waals surface area contributed by atoms with Crippen molar-refractivity contribution in [2.75, 3.05) is 18.0 Å². The summed E-state index contributed by atoms with van der Waals surface area (Å²) < 4.78 is 5.90. The van der Waals surface area contributed by atoms with Gasteiger partial charge in [0.05, 0.1) is 29.6 Å². The molecule has 1 aliphatic heterocycles. The summed E-state index contributed by atoms with van der Waals surface area (Å²) >= 11 is 0. The van der Waals surface area contributed by atoms with Crippen molar-refractivity contribution in [1.29, 1.82) is 10.5 Å². The predicted octanol–water partition coefficient (Wildman–Crippen LogP) is 2.48. The first-order valence-electron chi connectivity index (χ1n) is 7.06. The summed E-state index contributed by atoms with van der Waals surface area (Å²) in [6, 6.07) is 13.3. The number of aromatic nitrogens is 1. The Hall–Kier alpha value is -3.05. The lowest BCUT2D eigenvalue weighted by atomic mass is 10.1. The van der Waals surface area contributed by atoms with Crippen LogP contribution < -0.4 is 9.64 Å². The molecule has 5 heteroatoms. The molecule has 0 radical (unpaired) electrons. The Morgan fingerprint density at radius 3 is 2.55 bits per heavy atom. The number of hydrogen-bond acceptors (Lipinski definition) is 5. The molecule has 1 aromatic carbocycles. The Balaban J connectivity index is 1.79. The molecule has 1 fully saturated rings. The molecule has 0 spiro atoms. The number of benzene rings is 1. The van der Waals surface area contributed by atoms with Crippen LogP contribution in [0, 0.1) is 22.7 Å². The summed E-state index contributed by atoms with van der Waals surface area (Å²) in [7, 11) is 0. The van der Waals surface area contributed by atoms with Crippen molar-refractivity contribution in [3.8, 4) is 17.9 Å². The molecular weight excluding hydrogens is 276 g/mol. The lowest BCUT2D eigenvalue weighted by Crippen LogP contribution is -2.25. The fraction of sp³-hybridized carbons (Fsp3) is 0.235. The van der Waals surface area contributed by atoms with Gasteiger partial charge in [-0.3, -0.25) is 4.98 Å². The minimum atomic E-state index is 0.0301. The molecule has 1 aliphatic rings. The lowest BCUT2D eigenvalue weighted by molar-refractivity contribution is 0.224. The Labute approximate surface area is 129 Å². The van der Waals surface area contributed by atoms with E-state index in [1.807, 2.05) is 12.1 Å². The molecule has 1 atom stereocenters. The molecule has 1 aromatic heterocycles. The van der Waals surface area contributed by atoms with Gasteiger partial charge in [-0.1, -0.05) is 6.07 Å². The van der Waals surface area contributed by atoms with Crippen LogP contribution in [0.2, 0.25) is 0 Å². The third-order valence-corrected chi connectivity index (χ3v) is 3.68. The maximum Gasteiger partial charge on any atom is 0.138 e. The van der Waals surface area contributed by atoms with Gasteiger partial charge >= 0.3 is 0 Å². The van der Waals surface area contributed by atoms with Gasteiger partial charge in [-0.15, -0.1) is 0 Å². The second kappa shape index (κ2) is 6.15. The second-order valence-electron chi connectivity index (χ2n) is 5.09. The van der Waals surface area contributed by atoms with Crippen molar-refractivity contribution in [2.24, 2.45) is 0 Å². The predicted molar refractivity (Wildman–Crippen MR) is 81.4 cm³/mol. The highest BCUT2D eigenvalue weighted by atomic mass is 16.5. The first kappa shape index (κ1) is 13.9. The average molecular weight is 290 g/mol. The maximum atomic E-state index is 9.27. The summed E-state index contributed by atoms with van der Waals surface area (Å²) in [6.07, 6.45) is 4.27. The van der Waals surface area contributed by atoms with Gasteiger partial charge in [0.25, 0.3) is 0 Å². The van der Waals surface area contributed by atoms with Crippen LogP contribution in [0.15, 0.2) is 42.7 Å². The summed E-state index contributed by atoms with van der Waals surface area (Å²) in [5.41, 5.74) is 1.77. The van der Waals surface area contributed by atoms with Gasteiger partial charge in [0.1, 0.15) is 24.0 Å². The van der Waals surface area contributed by atoms with Crippen molar-refractivity contribution in [2.45, 2.75) is 12.5 Å². The highest BCUT2D eigenvalue weighted by molar-refractivity contribution is 5.68. The zero-order chi connectivity index (χ0) is 15.4. The maximum absolute atomic E-state index is 9.27. The molecule has 5 nitrogen and oxygen atoms in total. The van der Waals surface area contributed by atoms with Crippen LogP contribution in [0.4, 0.5) is 5.69 Å². The van der Waals surface area contributed by atoms with E-state index in [-0.39, 0.29) is 6.10 Å². The Bertz CT molecular complexity index is 713. The molecule has 22 heavy (non-hydrogen) atoms. The van der Waals surface area contributed by atoms with E-state index in [2.05, 4.69) is 22.0 Å². The normalized spacial score (nSPS) is 16.8. The molecular formula is C17H14N4O. The molecule has 1 saturated heterocycles. The first-order valence-corrected chi connectivity index (χ1v) is 7.06. The standard InChI is InChI=1S/C17H14N4O/c18-9-13-3-1-4-14(10-19)17(13)21-8-6-16(12-21)22-15-5-2-7-20-11-15/h1-5,7,11,16H,6,8,12H2. The molecule has 3 rings (SSSR count). The van der Waals surface area contributed by atoms with Crippen LogP contribution in [-0.2, 0) is 0 Å². The largest absolute Gasteiger partial charge is 0.487 e. The van der Waals surface area contributed by atoms with Crippen LogP contribution in [0.3, 0.4) is 0 Å². The first-order chi connectivity index (χ1) is 10.8. The molecule has 1 unspecified atom stereocenters. The van der Waals surface area contributed by atoms with Gasteiger partial charge in [0, 0.05) is 19.2 Å². The molecule has 0 saturated carbocycles. The van der Waals surface area contributed by atoms with E-state index in [9.17, 15) is 10.5 Å². The van der Waals surface area contributed by atoms with Crippen molar-refractivity contribution in [3.63, 3.8) is 0 Å². The van der Waals surface area contributed by atoms with Crippen molar-refractivity contribution in [1.82, 2.24) is 4.98 Å². The summed E-state index contributed by atoms with van der Waals surface area (Å²) in [5.74, 6) is 0.739. The number of rotatable bonds is 3. The third-order valence-electron chi connectivity index (χ3n) is 3.68. The van der Waals surface area contributed by atoms with Crippen LogP contribution in [0.25, 0.3) is 0 Å². The van der Waals surface area contributed by atoms with Crippen molar-refractivity contribution >= 4 is 5.69 Å². The minimum Gasteiger partial charge on any atom is -0.487 e. The van der Waals surface area contributed by atoms with E-state index in [1.54, 1.807) is 30.6 Å².